The monoisotopic (exact) mass is 274 g/mol. The maximum Gasteiger partial charge on any atom is 0.341 e. The van der Waals surface area contributed by atoms with Crippen LogP contribution >= 0.6 is 0 Å². The van der Waals surface area contributed by atoms with Crippen LogP contribution in [0.3, 0.4) is 0 Å². The third-order valence-electron chi connectivity index (χ3n) is 2.57. The Morgan fingerprint density at radius 3 is 2.06 bits per heavy atom. The first-order valence-corrected chi connectivity index (χ1v) is 8.94. The average molecular weight is 274 g/mol. The topological polar surface area (TPSA) is 44.8 Å². The summed E-state index contributed by atoms with van der Waals surface area (Å²) in [5, 5.41) is 0. The molecular formula is C13H26O4Si. The van der Waals surface area contributed by atoms with Crippen LogP contribution < -0.4 is 0 Å². The zero-order valence-corrected chi connectivity index (χ0v) is 12.9. The van der Waals surface area contributed by atoms with Crippen molar-refractivity contribution in [2.45, 2.75) is 45.7 Å². The summed E-state index contributed by atoms with van der Waals surface area (Å²) in [5.41, 5.74) is 0. The van der Waals surface area contributed by atoms with Crippen molar-refractivity contribution in [3.05, 3.63) is 12.7 Å². The van der Waals surface area contributed by atoms with Gasteiger partial charge in [0.2, 0.25) is 0 Å². The summed E-state index contributed by atoms with van der Waals surface area (Å²) in [5.74, 6) is -0.389. The van der Waals surface area contributed by atoms with E-state index in [1.807, 2.05) is 0 Å². The number of hydrogen-bond acceptors (Lipinski definition) is 4. The number of hydrogen-bond donors (Lipinski definition) is 0. The van der Waals surface area contributed by atoms with Crippen LogP contribution in [-0.4, -0.2) is 34.4 Å². The van der Waals surface area contributed by atoms with E-state index >= 15 is 0 Å². The van der Waals surface area contributed by atoms with Crippen molar-refractivity contribution in [3.8, 4) is 0 Å². The summed E-state index contributed by atoms with van der Waals surface area (Å²) in [6.45, 7) is 11.4. The molecule has 0 bridgehead atoms. The molecule has 0 unspecified atom stereocenters. The van der Waals surface area contributed by atoms with Gasteiger partial charge in [-0.25, -0.2) is 4.79 Å². The Kier molecular flexibility index (Phi) is 9.91. The lowest BCUT2D eigenvalue weighted by atomic mass is 10.5. The average Bonchev–Trinajstić information content (AvgIpc) is 2.41. The van der Waals surface area contributed by atoms with E-state index in [4.69, 9.17) is 13.6 Å². The molecule has 0 aromatic heterocycles. The predicted molar refractivity (Wildman–Crippen MR) is 74.7 cm³/mol. The summed E-state index contributed by atoms with van der Waals surface area (Å²) in [6.07, 6.45) is 3.11. The van der Waals surface area contributed by atoms with Gasteiger partial charge < -0.3 is 13.6 Å². The molecule has 0 N–H and O–H groups in total. The number of rotatable bonds is 11. The molecule has 0 aliphatic heterocycles. The van der Waals surface area contributed by atoms with Gasteiger partial charge in [-0.2, -0.15) is 0 Å². The molecule has 0 radical (unpaired) electrons. The number of carbonyl (C=O) groups excluding carboxylic acids is 1. The molecule has 0 amide bonds. The van der Waals surface area contributed by atoms with Crippen molar-refractivity contribution < 1.29 is 18.4 Å². The molecule has 0 rings (SSSR count). The lowest BCUT2D eigenvalue weighted by Gasteiger charge is -2.29. The fourth-order valence-corrected chi connectivity index (χ4v) is 4.21. The van der Waals surface area contributed by atoms with Gasteiger partial charge in [-0.1, -0.05) is 27.4 Å². The summed E-state index contributed by atoms with van der Waals surface area (Å²) in [4.78, 5) is 11.0. The van der Waals surface area contributed by atoms with Crippen LogP contribution in [0.4, 0.5) is 0 Å². The molecule has 0 aliphatic rings. The van der Waals surface area contributed by atoms with Crippen molar-refractivity contribution >= 4 is 14.5 Å². The molecular weight excluding hydrogens is 248 g/mol. The molecule has 18 heavy (non-hydrogen) atoms. The van der Waals surface area contributed by atoms with E-state index in [1.165, 1.54) is 6.08 Å². The second-order valence-corrected chi connectivity index (χ2v) is 7.69. The minimum atomic E-state index is -2.20. The van der Waals surface area contributed by atoms with Gasteiger partial charge in [-0.3, -0.25) is 0 Å². The summed E-state index contributed by atoms with van der Waals surface area (Å²) >= 11 is 0. The second-order valence-electron chi connectivity index (χ2n) is 4.08. The highest BCUT2D eigenvalue weighted by atomic mass is 28.4. The lowest BCUT2D eigenvalue weighted by Crippen LogP contribution is -2.43. The molecule has 0 fully saturated rings. The van der Waals surface area contributed by atoms with Crippen molar-refractivity contribution in [3.63, 3.8) is 0 Å². The fraction of sp³-hybridized carbons (Fsp3) is 0.769. The minimum Gasteiger partial charge on any atom is -0.463 e. The highest BCUT2D eigenvalue weighted by Gasteiger charge is 2.35. The Bertz CT molecular complexity index is 235. The minimum absolute atomic E-state index is 0.346. The van der Waals surface area contributed by atoms with E-state index in [0.717, 1.165) is 18.9 Å². The Morgan fingerprint density at radius 2 is 1.67 bits per heavy atom. The Labute approximate surface area is 112 Å². The van der Waals surface area contributed by atoms with E-state index in [9.17, 15) is 4.79 Å². The maximum absolute atomic E-state index is 11.0. The molecule has 0 saturated heterocycles. The van der Waals surface area contributed by atoms with Crippen LogP contribution in [0.5, 0.6) is 0 Å². The Morgan fingerprint density at radius 1 is 1.11 bits per heavy atom. The van der Waals surface area contributed by atoms with E-state index in [0.29, 0.717) is 25.9 Å². The van der Waals surface area contributed by atoms with Crippen molar-refractivity contribution in [1.82, 2.24) is 0 Å². The third-order valence-corrected chi connectivity index (χ3v) is 6.07. The van der Waals surface area contributed by atoms with Gasteiger partial charge in [0.1, 0.15) is 0 Å². The predicted octanol–water partition coefficient (Wildman–Crippen LogP) is 3.03. The maximum atomic E-state index is 11.0. The molecule has 0 aromatic rings. The van der Waals surface area contributed by atoms with Gasteiger partial charge in [-0.15, -0.1) is 0 Å². The SMILES string of the molecule is C=CC(=O)OCC[Si](CC)(OCCC)OCCC. The molecule has 4 nitrogen and oxygen atoms in total. The molecule has 106 valence electrons. The van der Waals surface area contributed by atoms with Crippen LogP contribution in [0, 0.1) is 0 Å². The number of esters is 1. The van der Waals surface area contributed by atoms with Gasteiger partial charge in [0, 0.05) is 25.3 Å². The fourth-order valence-electron chi connectivity index (χ4n) is 1.51. The Balaban J connectivity index is 4.31. The quantitative estimate of drug-likeness (QED) is 0.330. The molecule has 0 atom stereocenters. The van der Waals surface area contributed by atoms with Crippen molar-refractivity contribution in [1.29, 1.82) is 0 Å². The third kappa shape index (κ3) is 6.93. The Hall–Kier alpha value is -0.653. The standard InChI is InChI=1S/C13H26O4Si/c1-5-9-16-18(8-4,17-10-6-2)12-11-15-13(14)7-3/h7H,3,5-6,8-12H2,1-2,4H3. The van der Waals surface area contributed by atoms with Crippen LogP contribution in [0.2, 0.25) is 12.1 Å². The molecule has 0 spiro atoms. The van der Waals surface area contributed by atoms with E-state index < -0.39 is 8.56 Å². The van der Waals surface area contributed by atoms with Crippen LogP contribution in [0.25, 0.3) is 0 Å². The van der Waals surface area contributed by atoms with E-state index in [-0.39, 0.29) is 5.97 Å². The number of ether oxygens (including phenoxy) is 1. The molecule has 0 aliphatic carbocycles. The smallest absolute Gasteiger partial charge is 0.341 e. The second kappa shape index (κ2) is 10.3. The number of carbonyl (C=O) groups is 1. The van der Waals surface area contributed by atoms with Gasteiger partial charge in [0.15, 0.2) is 0 Å². The summed E-state index contributed by atoms with van der Waals surface area (Å²) in [6, 6.07) is 1.56. The molecule has 0 saturated carbocycles. The van der Waals surface area contributed by atoms with Crippen molar-refractivity contribution in [2.75, 3.05) is 19.8 Å². The van der Waals surface area contributed by atoms with Crippen LogP contribution in [0.15, 0.2) is 12.7 Å². The van der Waals surface area contributed by atoms with Gasteiger partial charge in [0.25, 0.3) is 0 Å². The first-order chi connectivity index (χ1) is 8.64. The molecule has 0 heterocycles. The van der Waals surface area contributed by atoms with E-state index in [1.54, 1.807) is 0 Å². The largest absolute Gasteiger partial charge is 0.463 e. The highest BCUT2D eigenvalue weighted by Crippen LogP contribution is 2.20. The lowest BCUT2D eigenvalue weighted by molar-refractivity contribution is -0.137. The zero-order valence-electron chi connectivity index (χ0n) is 11.9. The summed E-state index contributed by atoms with van der Waals surface area (Å²) in [7, 11) is -2.20. The summed E-state index contributed by atoms with van der Waals surface area (Å²) < 4.78 is 16.9. The van der Waals surface area contributed by atoms with Crippen molar-refractivity contribution in [2.24, 2.45) is 0 Å². The highest BCUT2D eigenvalue weighted by molar-refractivity contribution is 6.67. The zero-order chi connectivity index (χ0) is 13.9. The first-order valence-electron chi connectivity index (χ1n) is 6.71. The molecule has 5 heteroatoms. The van der Waals surface area contributed by atoms with Gasteiger partial charge in [0.05, 0.1) is 6.61 Å². The normalized spacial score (nSPS) is 11.3. The van der Waals surface area contributed by atoms with Gasteiger partial charge in [-0.05, 0) is 18.9 Å². The van der Waals surface area contributed by atoms with Crippen LogP contribution in [-0.2, 0) is 18.4 Å². The van der Waals surface area contributed by atoms with Gasteiger partial charge >= 0.3 is 14.5 Å². The first kappa shape index (κ1) is 17.3. The van der Waals surface area contributed by atoms with E-state index in [2.05, 4.69) is 27.4 Å². The van der Waals surface area contributed by atoms with Crippen LogP contribution in [0.1, 0.15) is 33.6 Å². The molecule has 0 aromatic carbocycles.